The van der Waals surface area contributed by atoms with Crippen molar-refractivity contribution in [3.63, 3.8) is 0 Å². The minimum atomic E-state index is -0.785. The van der Waals surface area contributed by atoms with Crippen LogP contribution in [0.1, 0.15) is 181 Å². The van der Waals surface area contributed by atoms with Gasteiger partial charge in [0, 0.05) is 12.8 Å². The van der Waals surface area contributed by atoms with Gasteiger partial charge in [0.2, 0.25) is 0 Å². The second-order valence-electron chi connectivity index (χ2n) is 12.7. The van der Waals surface area contributed by atoms with E-state index in [0.29, 0.717) is 12.8 Å². The highest BCUT2D eigenvalue weighted by Crippen LogP contribution is 2.13. The van der Waals surface area contributed by atoms with E-state index < -0.39 is 6.10 Å². The average molecular weight is 645 g/mol. The quantitative estimate of drug-likeness (QED) is 0.0429. The van der Waals surface area contributed by atoms with E-state index in [2.05, 4.69) is 62.5 Å². The van der Waals surface area contributed by atoms with Gasteiger partial charge in [0.1, 0.15) is 6.61 Å². The van der Waals surface area contributed by atoms with Crippen molar-refractivity contribution in [2.75, 3.05) is 13.2 Å². The number of aliphatic hydroxyl groups is 1. The number of rotatable bonds is 34. The molecule has 0 bridgehead atoms. The molecule has 5 heteroatoms. The Labute approximate surface area is 284 Å². The fourth-order valence-electron chi connectivity index (χ4n) is 5.18. The molecule has 0 aromatic heterocycles. The van der Waals surface area contributed by atoms with Crippen LogP contribution in [0.4, 0.5) is 0 Å². The molecule has 0 aromatic rings. The third kappa shape index (κ3) is 34.7. The lowest BCUT2D eigenvalue weighted by Gasteiger charge is -2.15. The summed E-state index contributed by atoms with van der Waals surface area (Å²) in [6, 6.07) is 0. The summed E-state index contributed by atoms with van der Waals surface area (Å²) >= 11 is 0. The first kappa shape index (κ1) is 43.9. The largest absolute Gasteiger partial charge is 0.462 e. The first-order chi connectivity index (χ1) is 22.6. The number of allylic oxidation sites excluding steroid dienone is 8. The van der Waals surface area contributed by atoms with Crippen molar-refractivity contribution in [2.24, 2.45) is 0 Å². The third-order valence-corrected chi connectivity index (χ3v) is 8.13. The zero-order chi connectivity index (χ0) is 33.6. The summed E-state index contributed by atoms with van der Waals surface area (Å²) in [6.45, 7) is 4.07. The summed E-state index contributed by atoms with van der Waals surface area (Å²) in [6.07, 6.45) is 45.9. The van der Waals surface area contributed by atoms with Crippen LogP contribution in [-0.2, 0) is 19.1 Å². The molecule has 0 aromatic carbocycles. The summed E-state index contributed by atoms with van der Waals surface area (Å²) in [5.74, 6) is -0.626. The van der Waals surface area contributed by atoms with Crippen LogP contribution >= 0.6 is 0 Å². The normalized spacial score (nSPS) is 12.7. The molecule has 0 radical (unpaired) electrons. The van der Waals surface area contributed by atoms with Crippen molar-refractivity contribution in [3.8, 4) is 0 Å². The SMILES string of the molecule is CCCCCC=CCC=CCC=CCC=CCCCCCC(=O)O[C@@H](CO)COC(=O)CCCCCCCCCCCCCCC. The van der Waals surface area contributed by atoms with E-state index in [4.69, 9.17) is 9.47 Å². The molecule has 0 aliphatic carbocycles. The van der Waals surface area contributed by atoms with Crippen molar-refractivity contribution in [2.45, 2.75) is 187 Å². The minimum Gasteiger partial charge on any atom is -0.462 e. The van der Waals surface area contributed by atoms with E-state index in [1.165, 1.54) is 89.9 Å². The predicted octanol–water partition coefficient (Wildman–Crippen LogP) is 11.8. The Bertz CT molecular complexity index is 782. The highest BCUT2D eigenvalue weighted by molar-refractivity contribution is 5.70. The maximum Gasteiger partial charge on any atom is 0.306 e. The van der Waals surface area contributed by atoms with Gasteiger partial charge in [0.25, 0.3) is 0 Å². The van der Waals surface area contributed by atoms with Gasteiger partial charge < -0.3 is 14.6 Å². The van der Waals surface area contributed by atoms with Crippen LogP contribution in [0.2, 0.25) is 0 Å². The van der Waals surface area contributed by atoms with Gasteiger partial charge in [-0.25, -0.2) is 0 Å². The first-order valence-corrected chi connectivity index (χ1v) is 19.2. The van der Waals surface area contributed by atoms with Crippen molar-refractivity contribution in [3.05, 3.63) is 48.6 Å². The lowest BCUT2D eigenvalue weighted by molar-refractivity contribution is -0.161. The highest BCUT2D eigenvalue weighted by Gasteiger charge is 2.16. The van der Waals surface area contributed by atoms with Gasteiger partial charge >= 0.3 is 11.9 Å². The second-order valence-corrected chi connectivity index (χ2v) is 12.7. The lowest BCUT2D eigenvalue weighted by atomic mass is 10.0. The smallest absolute Gasteiger partial charge is 0.306 e. The molecule has 0 rings (SSSR count). The molecule has 0 amide bonds. The van der Waals surface area contributed by atoms with E-state index in [-0.39, 0.29) is 25.2 Å². The Hall–Kier alpha value is -2.14. The molecule has 0 fully saturated rings. The topological polar surface area (TPSA) is 72.8 Å². The molecular weight excluding hydrogens is 572 g/mol. The summed E-state index contributed by atoms with van der Waals surface area (Å²) in [7, 11) is 0. The van der Waals surface area contributed by atoms with Gasteiger partial charge in [-0.05, 0) is 57.8 Å². The molecule has 0 unspecified atom stereocenters. The number of aliphatic hydroxyl groups excluding tert-OH is 1. The number of carbonyl (C=O) groups excluding carboxylic acids is 2. The summed E-state index contributed by atoms with van der Waals surface area (Å²) in [4.78, 5) is 24.2. The number of ether oxygens (including phenoxy) is 2. The van der Waals surface area contributed by atoms with Crippen LogP contribution in [0.15, 0.2) is 48.6 Å². The predicted molar refractivity (Wildman–Crippen MR) is 196 cm³/mol. The van der Waals surface area contributed by atoms with E-state index >= 15 is 0 Å². The fraction of sp³-hybridized carbons (Fsp3) is 0.756. The molecule has 46 heavy (non-hydrogen) atoms. The highest BCUT2D eigenvalue weighted by atomic mass is 16.6. The van der Waals surface area contributed by atoms with Gasteiger partial charge in [-0.3, -0.25) is 9.59 Å². The zero-order valence-corrected chi connectivity index (χ0v) is 30.1. The van der Waals surface area contributed by atoms with Gasteiger partial charge in [-0.2, -0.15) is 0 Å². The van der Waals surface area contributed by atoms with Crippen LogP contribution < -0.4 is 0 Å². The molecule has 5 nitrogen and oxygen atoms in total. The van der Waals surface area contributed by atoms with Crippen LogP contribution in [0.5, 0.6) is 0 Å². The third-order valence-electron chi connectivity index (χ3n) is 8.13. The number of hydrogen-bond donors (Lipinski definition) is 1. The monoisotopic (exact) mass is 645 g/mol. The molecule has 0 aliphatic heterocycles. The minimum absolute atomic E-state index is 0.0778. The summed E-state index contributed by atoms with van der Waals surface area (Å²) in [5, 5.41) is 9.53. The van der Waals surface area contributed by atoms with Gasteiger partial charge in [-0.1, -0.05) is 159 Å². The zero-order valence-electron chi connectivity index (χ0n) is 30.1. The first-order valence-electron chi connectivity index (χ1n) is 19.2. The van der Waals surface area contributed by atoms with Crippen LogP contribution in [0.3, 0.4) is 0 Å². The molecule has 266 valence electrons. The summed E-state index contributed by atoms with van der Waals surface area (Å²) < 4.78 is 10.6. The number of hydrogen-bond acceptors (Lipinski definition) is 5. The number of esters is 2. The summed E-state index contributed by atoms with van der Waals surface area (Å²) in [5.41, 5.74) is 0. The maximum absolute atomic E-state index is 12.1. The number of carbonyl (C=O) groups is 2. The van der Waals surface area contributed by atoms with E-state index in [1.807, 2.05) is 0 Å². The molecule has 0 heterocycles. The van der Waals surface area contributed by atoms with Crippen molar-refractivity contribution in [1.29, 1.82) is 0 Å². The van der Waals surface area contributed by atoms with Crippen molar-refractivity contribution in [1.82, 2.24) is 0 Å². The van der Waals surface area contributed by atoms with E-state index in [1.54, 1.807) is 0 Å². The Kier molecular flexibility index (Phi) is 35.6. The molecule has 1 atom stereocenters. The van der Waals surface area contributed by atoms with Gasteiger partial charge in [-0.15, -0.1) is 0 Å². The molecule has 0 saturated heterocycles. The van der Waals surface area contributed by atoms with E-state index in [9.17, 15) is 14.7 Å². The van der Waals surface area contributed by atoms with Crippen LogP contribution in [0, 0.1) is 0 Å². The Morgan fingerprint density at radius 2 is 0.870 bits per heavy atom. The lowest BCUT2D eigenvalue weighted by Crippen LogP contribution is -2.28. The van der Waals surface area contributed by atoms with Crippen LogP contribution in [0.25, 0.3) is 0 Å². The van der Waals surface area contributed by atoms with Crippen molar-refractivity contribution < 1.29 is 24.2 Å². The molecule has 0 aliphatic rings. The Morgan fingerprint density at radius 1 is 0.500 bits per heavy atom. The molecule has 1 N–H and O–H groups in total. The standard InChI is InChI=1S/C41H72O5/c1-3-5-7-9-11-13-15-17-18-19-20-21-22-24-26-28-30-32-34-36-41(44)46-39(37-42)38-45-40(43)35-33-31-29-27-25-23-16-14-12-10-8-6-4-2/h11,13,17-18,20-21,24,26,39,42H,3-10,12,14-16,19,22-23,25,27-38H2,1-2H3/t39-/m0/s1. The van der Waals surface area contributed by atoms with E-state index in [0.717, 1.165) is 64.2 Å². The van der Waals surface area contributed by atoms with Crippen molar-refractivity contribution >= 4 is 11.9 Å². The molecule has 0 saturated carbocycles. The Balaban J connectivity index is 3.65. The average Bonchev–Trinajstić information content (AvgIpc) is 3.06. The van der Waals surface area contributed by atoms with Crippen LogP contribution in [-0.4, -0.2) is 36.4 Å². The maximum atomic E-state index is 12.1. The molecular formula is C41H72O5. The number of unbranched alkanes of at least 4 members (excludes halogenated alkanes) is 18. The molecule has 0 spiro atoms. The Morgan fingerprint density at radius 3 is 1.35 bits per heavy atom. The van der Waals surface area contributed by atoms with Gasteiger partial charge in [0.15, 0.2) is 6.10 Å². The van der Waals surface area contributed by atoms with Gasteiger partial charge in [0.05, 0.1) is 6.61 Å². The fourth-order valence-corrected chi connectivity index (χ4v) is 5.18. The second kappa shape index (κ2) is 37.3.